The van der Waals surface area contributed by atoms with Gasteiger partial charge in [0.05, 0.1) is 6.10 Å². The number of nitrogens with one attached hydrogen (secondary N) is 2. The van der Waals surface area contributed by atoms with Crippen LogP contribution in [0.15, 0.2) is 0 Å². The van der Waals surface area contributed by atoms with E-state index in [1.807, 2.05) is 0 Å². The van der Waals surface area contributed by atoms with E-state index >= 15 is 0 Å². The first-order chi connectivity index (χ1) is 7.50. The topological polar surface area (TPSA) is 104 Å². The van der Waals surface area contributed by atoms with E-state index in [9.17, 15) is 14.7 Å². The maximum absolute atomic E-state index is 11.5. The summed E-state index contributed by atoms with van der Waals surface area (Å²) < 4.78 is 0. The quantitative estimate of drug-likeness (QED) is 0.513. The van der Waals surface area contributed by atoms with Crippen LogP contribution in [0.25, 0.3) is 0 Å². The summed E-state index contributed by atoms with van der Waals surface area (Å²) in [6, 6.07) is -1.36. The summed E-state index contributed by atoms with van der Waals surface area (Å²) in [5.74, 6) is -0.150. The molecule has 16 heavy (non-hydrogen) atoms. The van der Waals surface area contributed by atoms with E-state index in [2.05, 4.69) is 10.6 Å². The molecule has 0 heterocycles. The Hall–Kier alpha value is -1.30. The zero-order valence-electron chi connectivity index (χ0n) is 9.40. The van der Waals surface area contributed by atoms with Gasteiger partial charge in [0.15, 0.2) is 0 Å². The van der Waals surface area contributed by atoms with E-state index in [0.29, 0.717) is 6.54 Å². The smallest absolute Gasteiger partial charge is 0.312 e. The fourth-order valence-electron chi connectivity index (χ4n) is 1.92. The number of carbonyl (C=O) groups excluding carboxylic acids is 2. The lowest BCUT2D eigenvalue weighted by Gasteiger charge is -2.17. The van der Waals surface area contributed by atoms with Gasteiger partial charge in [-0.1, -0.05) is 6.42 Å². The molecule has 1 aliphatic carbocycles. The highest BCUT2D eigenvalue weighted by Gasteiger charge is 2.26. The standard InChI is InChI=1S/C10H19N3O3/c1-6(13-10(11)16)9(15)12-5-7-3-2-4-8(7)14/h6-8,14H,2-5H2,1H3,(H,12,15)(H3,11,13,16). The van der Waals surface area contributed by atoms with E-state index in [-0.39, 0.29) is 17.9 Å². The molecule has 3 unspecified atom stereocenters. The molecule has 1 saturated carbocycles. The van der Waals surface area contributed by atoms with E-state index in [4.69, 9.17) is 5.73 Å². The van der Waals surface area contributed by atoms with E-state index in [1.165, 1.54) is 0 Å². The molecular formula is C10H19N3O3. The summed E-state index contributed by atoms with van der Waals surface area (Å²) in [7, 11) is 0. The van der Waals surface area contributed by atoms with Gasteiger partial charge in [-0.3, -0.25) is 4.79 Å². The van der Waals surface area contributed by atoms with Crippen LogP contribution >= 0.6 is 0 Å². The van der Waals surface area contributed by atoms with Crippen molar-refractivity contribution in [2.45, 2.75) is 38.3 Å². The molecule has 1 aliphatic rings. The third-order valence-electron chi connectivity index (χ3n) is 2.91. The minimum atomic E-state index is -0.719. The van der Waals surface area contributed by atoms with Crippen molar-refractivity contribution >= 4 is 11.9 Å². The Labute approximate surface area is 94.6 Å². The number of nitrogens with two attached hydrogens (primary N) is 1. The van der Waals surface area contributed by atoms with Gasteiger partial charge >= 0.3 is 6.03 Å². The Morgan fingerprint density at radius 2 is 2.19 bits per heavy atom. The highest BCUT2D eigenvalue weighted by molar-refractivity contribution is 5.86. The van der Waals surface area contributed by atoms with E-state index in [0.717, 1.165) is 19.3 Å². The van der Waals surface area contributed by atoms with Crippen molar-refractivity contribution < 1.29 is 14.7 Å². The van der Waals surface area contributed by atoms with Crippen molar-refractivity contribution in [2.75, 3.05) is 6.54 Å². The van der Waals surface area contributed by atoms with Crippen molar-refractivity contribution in [1.82, 2.24) is 10.6 Å². The number of hydrogen-bond donors (Lipinski definition) is 4. The SMILES string of the molecule is CC(NC(N)=O)C(=O)NCC1CCCC1O. The summed E-state index contributed by atoms with van der Waals surface area (Å²) in [5, 5.41) is 14.5. The van der Waals surface area contributed by atoms with Gasteiger partial charge in [0.1, 0.15) is 6.04 Å². The lowest BCUT2D eigenvalue weighted by Crippen LogP contribution is -2.48. The number of rotatable bonds is 4. The van der Waals surface area contributed by atoms with Crippen molar-refractivity contribution in [3.8, 4) is 0 Å². The largest absolute Gasteiger partial charge is 0.393 e. The third-order valence-corrected chi connectivity index (χ3v) is 2.91. The van der Waals surface area contributed by atoms with Crippen LogP contribution in [0.1, 0.15) is 26.2 Å². The molecule has 6 nitrogen and oxygen atoms in total. The molecule has 3 amide bonds. The lowest BCUT2D eigenvalue weighted by molar-refractivity contribution is -0.122. The van der Waals surface area contributed by atoms with Gasteiger partial charge in [-0.25, -0.2) is 4.79 Å². The molecule has 0 aromatic heterocycles. The highest BCUT2D eigenvalue weighted by Crippen LogP contribution is 2.24. The van der Waals surface area contributed by atoms with Crippen molar-refractivity contribution in [2.24, 2.45) is 11.7 Å². The predicted octanol–water partition coefficient (Wildman–Crippen LogP) is -0.680. The zero-order valence-corrected chi connectivity index (χ0v) is 9.40. The van der Waals surface area contributed by atoms with Crippen LogP contribution in [0.4, 0.5) is 4.79 Å². The van der Waals surface area contributed by atoms with Gasteiger partial charge in [0, 0.05) is 12.5 Å². The maximum atomic E-state index is 11.5. The van der Waals surface area contributed by atoms with Gasteiger partial charge in [0.25, 0.3) is 0 Å². The van der Waals surface area contributed by atoms with Crippen LogP contribution in [0.5, 0.6) is 0 Å². The van der Waals surface area contributed by atoms with Crippen molar-refractivity contribution in [3.63, 3.8) is 0 Å². The third kappa shape index (κ3) is 3.69. The zero-order chi connectivity index (χ0) is 12.1. The monoisotopic (exact) mass is 229 g/mol. The van der Waals surface area contributed by atoms with Gasteiger partial charge in [0.2, 0.25) is 5.91 Å². The molecular weight excluding hydrogens is 210 g/mol. The van der Waals surface area contributed by atoms with Gasteiger partial charge in [-0.15, -0.1) is 0 Å². The lowest BCUT2D eigenvalue weighted by atomic mass is 10.1. The highest BCUT2D eigenvalue weighted by atomic mass is 16.3. The van der Waals surface area contributed by atoms with Crippen molar-refractivity contribution in [1.29, 1.82) is 0 Å². The first kappa shape index (κ1) is 12.8. The fourth-order valence-corrected chi connectivity index (χ4v) is 1.92. The number of carbonyl (C=O) groups is 2. The first-order valence-corrected chi connectivity index (χ1v) is 5.52. The predicted molar refractivity (Wildman–Crippen MR) is 58.5 cm³/mol. The van der Waals surface area contributed by atoms with Crippen LogP contribution in [-0.2, 0) is 4.79 Å². The second kappa shape index (κ2) is 5.69. The van der Waals surface area contributed by atoms with Gasteiger partial charge in [-0.05, 0) is 19.8 Å². The minimum Gasteiger partial charge on any atom is -0.393 e. The second-order valence-electron chi connectivity index (χ2n) is 4.23. The van der Waals surface area contributed by atoms with Crippen LogP contribution < -0.4 is 16.4 Å². The Morgan fingerprint density at radius 3 is 2.69 bits per heavy atom. The molecule has 0 saturated heterocycles. The average Bonchev–Trinajstić information content (AvgIpc) is 2.59. The molecule has 0 aromatic carbocycles. The second-order valence-corrected chi connectivity index (χ2v) is 4.23. The van der Waals surface area contributed by atoms with Gasteiger partial charge < -0.3 is 21.5 Å². The molecule has 6 heteroatoms. The molecule has 0 aliphatic heterocycles. The number of aliphatic hydroxyl groups is 1. The van der Waals surface area contributed by atoms with E-state index in [1.54, 1.807) is 6.92 Å². The average molecular weight is 229 g/mol. The molecule has 0 aromatic rings. The number of hydrogen-bond acceptors (Lipinski definition) is 3. The first-order valence-electron chi connectivity index (χ1n) is 5.52. The Bertz CT molecular complexity index is 270. The summed E-state index contributed by atoms with van der Waals surface area (Å²) in [6.07, 6.45) is 2.41. The summed E-state index contributed by atoms with van der Waals surface area (Å²) in [4.78, 5) is 22.0. The molecule has 0 bridgehead atoms. The van der Waals surface area contributed by atoms with Crippen LogP contribution in [-0.4, -0.2) is 35.7 Å². The Kier molecular flexibility index (Phi) is 4.54. The molecule has 0 spiro atoms. The molecule has 0 radical (unpaired) electrons. The number of aliphatic hydroxyl groups excluding tert-OH is 1. The molecule has 5 N–H and O–H groups in total. The van der Waals surface area contributed by atoms with Crippen LogP contribution in [0, 0.1) is 5.92 Å². The summed E-state index contributed by atoms with van der Waals surface area (Å²) >= 11 is 0. The van der Waals surface area contributed by atoms with Crippen molar-refractivity contribution in [3.05, 3.63) is 0 Å². The van der Waals surface area contributed by atoms with Crippen LogP contribution in [0.3, 0.4) is 0 Å². The van der Waals surface area contributed by atoms with Gasteiger partial charge in [-0.2, -0.15) is 0 Å². The molecule has 1 rings (SSSR count). The minimum absolute atomic E-state index is 0.129. The van der Waals surface area contributed by atoms with E-state index < -0.39 is 12.1 Å². The molecule has 1 fully saturated rings. The Morgan fingerprint density at radius 1 is 1.50 bits per heavy atom. The summed E-state index contributed by atoms with van der Waals surface area (Å²) in [5.41, 5.74) is 4.90. The van der Waals surface area contributed by atoms with Crippen LogP contribution in [0.2, 0.25) is 0 Å². The number of primary amides is 1. The molecule has 92 valence electrons. The number of amides is 3. The Balaban J connectivity index is 2.26. The maximum Gasteiger partial charge on any atom is 0.312 e. The fraction of sp³-hybridized carbons (Fsp3) is 0.800. The normalized spacial score (nSPS) is 26.1. The number of urea groups is 1. The molecule has 3 atom stereocenters. The summed E-state index contributed by atoms with van der Waals surface area (Å²) in [6.45, 7) is 2.01.